The van der Waals surface area contributed by atoms with Gasteiger partial charge in [0.15, 0.2) is 11.5 Å². The Morgan fingerprint density at radius 3 is 2.48 bits per heavy atom. The quantitative estimate of drug-likeness (QED) is 0.904. The number of rotatable bonds is 3. The van der Waals surface area contributed by atoms with Crippen LogP contribution in [0.3, 0.4) is 0 Å². The molecule has 1 saturated heterocycles. The van der Waals surface area contributed by atoms with E-state index in [0.717, 1.165) is 11.5 Å². The fraction of sp³-hybridized carbons (Fsp3) is 0.400. The van der Waals surface area contributed by atoms with Crippen LogP contribution in [0.15, 0.2) is 36.4 Å². The summed E-state index contributed by atoms with van der Waals surface area (Å²) in [6, 6.07) is 13.3. The van der Waals surface area contributed by atoms with Crippen molar-refractivity contribution in [2.75, 3.05) is 29.9 Å². The Labute approximate surface area is 159 Å². The average molecular weight is 364 g/mol. The molecule has 3 rings (SSSR count). The van der Waals surface area contributed by atoms with Crippen LogP contribution in [0, 0.1) is 11.3 Å². The van der Waals surface area contributed by atoms with E-state index in [1.807, 2.05) is 42.2 Å². The number of anilines is 2. The molecule has 0 bridgehead atoms. The summed E-state index contributed by atoms with van der Waals surface area (Å²) in [6.07, 6.45) is 0. The molecule has 0 radical (unpaired) electrons. The number of aromatic nitrogens is 2. The molecule has 1 N–H and O–H groups in total. The third kappa shape index (κ3) is 4.34. The van der Waals surface area contributed by atoms with E-state index in [-0.39, 0.29) is 12.1 Å². The predicted octanol–water partition coefficient (Wildman–Crippen LogP) is 3.21. The largest absolute Gasteiger partial charge is 0.351 e. The fourth-order valence-electron chi connectivity index (χ4n) is 3.17. The van der Waals surface area contributed by atoms with Crippen molar-refractivity contribution >= 4 is 17.5 Å². The number of carbonyl (C=O) groups excluding carboxylic acids is 1. The SMILES string of the molecule is CC(C)c1ccc(NC(=O)N2CCN(c3ccc(C#N)nn3)C[C@@H]2C)cc1. The molecule has 1 aromatic heterocycles. The van der Waals surface area contributed by atoms with E-state index in [2.05, 4.69) is 34.3 Å². The molecular weight excluding hydrogens is 340 g/mol. The first-order valence-electron chi connectivity index (χ1n) is 9.14. The molecule has 1 aliphatic rings. The maximum Gasteiger partial charge on any atom is 0.322 e. The highest BCUT2D eigenvalue weighted by Gasteiger charge is 2.28. The molecule has 2 heterocycles. The lowest BCUT2D eigenvalue weighted by atomic mass is 10.0. The highest BCUT2D eigenvalue weighted by Crippen LogP contribution is 2.20. The molecule has 0 spiro atoms. The molecule has 2 aromatic rings. The number of benzene rings is 1. The molecule has 140 valence electrons. The summed E-state index contributed by atoms with van der Waals surface area (Å²) in [5.41, 5.74) is 2.35. The van der Waals surface area contributed by atoms with Crippen molar-refractivity contribution in [3.05, 3.63) is 47.7 Å². The van der Waals surface area contributed by atoms with E-state index in [9.17, 15) is 4.79 Å². The van der Waals surface area contributed by atoms with Crippen LogP contribution in [-0.4, -0.2) is 46.8 Å². The summed E-state index contributed by atoms with van der Waals surface area (Å²) in [6.45, 7) is 8.24. The lowest BCUT2D eigenvalue weighted by Crippen LogP contribution is -2.55. The Kier molecular flexibility index (Phi) is 5.55. The van der Waals surface area contributed by atoms with Gasteiger partial charge < -0.3 is 15.1 Å². The Hall–Kier alpha value is -3.14. The molecule has 1 fully saturated rings. The second-order valence-corrected chi connectivity index (χ2v) is 7.08. The van der Waals surface area contributed by atoms with Crippen LogP contribution in [0.2, 0.25) is 0 Å². The zero-order chi connectivity index (χ0) is 19.4. The fourth-order valence-corrected chi connectivity index (χ4v) is 3.17. The molecule has 1 aliphatic heterocycles. The standard InChI is InChI=1S/C20H24N6O/c1-14(2)16-4-6-17(7-5-16)22-20(27)26-11-10-25(13-15(26)3)19-9-8-18(12-21)23-24-19/h4-9,14-15H,10-11,13H2,1-3H3,(H,22,27)/t15-/m0/s1. The first kappa shape index (κ1) is 18.6. The van der Waals surface area contributed by atoms with Gasteiger partial charge in [-0.3, -0.25) is 0 Å². The van der Waals surface area contributed by atoms with Crippen molar-refractivity contribution in [2.45, 2.75) is 32.7 Å². The zero-order valence-electron chi connectivity index (χ0n) is 15.9. The van der Waals surface area contributed by atoms with Crippen molar-refractivity contribution in [1.82, 2.24) is 15.1 Å². The van der Waals surface area contributed by atoms with Gasteiger partial charge in [0.05, 0.1) is 0 Å². The van der Waals surface area contributed by atoms with Gasteiger partial charge in [0.25, 0.3) is 0 Å². The molecule has 2 amide bonds. The van der Waals surface area contributed by atoms with Gasteiger partial charge in [-0.25, -0.2) is 4.79 Å². The van der Waals surface area contributed by atoms with E-state index >= 15 is 0 Å². The summed E-state index contributed by atoms with van der Waals surface area (Å²) >= 11 is 0. The van der Waals surface area contributed by atoms with Crippen LogP contribution in [0.1, 0.15) is 37.9 Å². The molecule has 27 heavy (non-hydrogen) atoms. The number of carbonyl (C=O) groups is 1. The van der Waals surface area contributed by atoms with E-state index in [0.29, 0.717) is 31.2 Å². The smallest absolute Gasteiger partial charge is 0.322 e. The lowest BCUT2D eigenvalue weighted by molar-refractivity contribution is 0.184. The Balaban J connectivity index is 1.60. The van der Waals surface area contributed by atoms with Crippen LogP contribution >= 0.6 is 0 Å². The summed E-state index contributed by atoms with van der Waals surface area (Å²) in [7, 11) is 0. The first-order chi connectivity index (χ1) is 13.0. The number of nitrogens with one attached hydrogen (secondary N) is 1. The second kappa shape index (κ2) is 8.04. The van der Waals surface area contributed by atoms with Gasteiger partial charge in [0.2, 0.25) is 0 Å². The Morgan fingerprint density at radius 2 is 1.93 bits per heavy atom. The number of hydrogen-bond donors (Lipinski definition) is 1. The summed E-state index contributed by atoms with van der Waals surface area (Å²) in [5, 5.41) is 19.8. The van der Waals surface area contributed by atoms with Gasteiger partial charge in [-0.1, -0.05) is 26.0 Å². The summed E-state index contributed by atoms with van der Waals surface area (Å²) < 4.78 is 0. The van der Waals surface area contributed by atoms with Crippen molar-refractivity contribution in [3.63, 3.8) is 0 Å². The normalized spacial score (nSPS) is 16.9. The minimum Gasteiger partial charge on any atom is -0.351 e. The van der Waals surface area contributed by atoms with Gasteiger partial charge in [0.1, 0.15) is 6.07 Å². The summed E-state index contributed by atoms with van der Waals surface area (Å²) in [4.78, 5) is 16.6. The predicted molar refractivity (Wildman–Crippen MR) is 105 cm³/mol. The van der Waals surface area contributed by atoms with Crippen molar-refractivity contribution in [3.8, 4) is 6.07 Å². The molecule has 7 nitrogen and oxygen atoms in total. The molecule has 1 atom stereocenters. The van der Waals surface area contributed by atoms with Gasteiger partial charge in [-0.2, -0.15) is 5.26 Å². The monoisotopic (exact) mass is 364 g/mol. The van der Waals surface area contributed by atoms with Gasteiger partial charge in [-0.15, -0.1) is 10.2 Å². The number of piperazine rings is 1. The van der Waals surface area contributed by atoms with Crippen LogP contribution in [-0.2, 0) is 0 Å². The molecule has 7 heteroatoms. The highest BCUT2D eigenvalue weighted by molar-refractivity contribution is 5.89. The minimum atomic E-state index is -0.0923. The first-order valence-corrected chi connectivity index (χ1v) is 9.14. The van der Waals surface area contributed by atoms with Gasteiger partial charge in [-0.05, 0) is 42.7 Å². The second-order valence-electron chi connectivity index (χ2n) is 7.08. The van der Waals surface area contributed by atoms with Gasteiger partial charge in [0, 0.05) is 31.4 Å². The van der Waals surface area contributed by atoms with Crippen molar-refractivity contribution < 1.29 is 4.79 Å². The van der Waals surface area contributed by atoms with E-state index in [1.165, 1.54) is 5.56 Å². The maximum atomic E-state index is 12.7. The number of hydrogen-bond acceptors (Lipinski definition) is 5. The molecule has 1 aromatic carbocycles. The molecule has 0 aliphatic carbocycles. The third-order valence-electron chi connectivity index (χ3n) is 4.81. The van der Waals surface area contributed by atoms with E-state index in [4.69, 9.17) is 5.26 Å². The van der Waals surface area contributed by atoms with Crippen LogP contribution in [0.5, 0.6) is 0 Å². The van der Waals surface area contributed by atoms with E-state index < -0.39 is 0 Å². The van der Waals surface area contributed by atoms with Crippen LogP contribution < -0.4 is 10.2 Å². The van der Waals surface area contributed by atoms with Crippen molar-refractivity contribution in [1.29, 1.82) is 5.26 Å². The number of nitriles is 1. The number of amides is 2. The van der Waals surface area contributed by atoms with Crippen LogP contribution in [0.25, 0.3) is 0 Å². The summed E-state index contributed by atoms with van der Waals surface area (Å²) in [5.74, 6) is 1.19. The Morgan fingerprint density at radius 1 is 1.19 bits per heavy atom. The lowest BCUT2D eigenvalue weighted by Gasteiger charge is -2.40. The zero-order valence-corrected chi connectivity index (χ0v) is 15.9. The third-order valence-corrected chi connectivity index (χ3v) is 4.81. The van der Waals surface area contributed by atoms with Crippen molar-refractivity contribution in [2.24, 2.45) is 0 Å². The Bertz CT molecular complexity index is 825. The number of nitrogens with zero attached hydrogens (tertiary/aromatic N) is 5. The van der Waals surface area contributed by atoms with Gasteiger partial charge >= 0.3 is 6.03 Å². The maximum absolute atomic E-state index is 12.7. The highest BCUT2D eigenvalue weighted by atomic mass is 16.2. The molecular formula is C20H24N6O. The average Bonchev–Trinajstić information content (AvgIpc) is 2.68. The molecule has 0 saturated carbocycles. The number of urea groups is 1. The topological polar surface area (TPSA) is 85.2 Å². The molecule has 0 unspecified atom stereocenters. The van der Waals surface area contributed by atoms with Crippen LogP contribution in [0.4, 0.5) is 16.3 Å². The van der Waals surface area contributed by atoms with E-state index in [1.54, 1.807) is 12.1 Å². The minimum absolute atomic E-state index is 0.0335.